The maximum absolute atomic E-state index is 11.8. The lowest BCUT2D eigenvalue weighted by Gasteiger charge is -2.23. The van der Waals surface area contributed by atoms with E-state index in [9.17, 15) is 4.79 Å². The molecule has 0 heterocycles. The molecule has 0 spiro atoms. The molecule has 0 fully saturated rings. The Bertz CT molecular complexity index is 249. The van der Waals surface area contributed by atoms with Crippen molar-refractivity contribution in [1.82, 2.24) is 0 Å². The molecule has 0 N–H and O–H groups in total. The topological polar surface area (TPSA) is 35.5 Å². The van der Waals surface area contributed by atoms with Crippen LogP contribution in [0.25, 0.3) is 0 Å². The van der Waals surface area contributed by atoms with Gasteiger partial charge in [0.1, 0.15) is 0 Å². The summed E-state index contributed by atoms with van der Waals surface area (Å²) >= 11 is 0. The van der Waals surface area contributed by atoms with Gasteiger partial charge in [-0.15, -0.1) is 0 Å². The van der Waals surface area contributed by atoms with Crippen molar-refractivity contribution >= 4 is 5.97 Å². The van der Waals surface area contributed by atoms with Crippen molar-refractivity contribution in [2.24, 2.45) is 5.41 Å². The summed E-state index contributed by atoms with van der Waals surface area (Å²) in [5.74, 6) is -0.0657. The van der Waals surface area contributed by atoms with E-state index in [1.807, 2.05) is 0 Å². The van der Waals surface area contributed by atoms with Gasteiger partial charge in [0, 0.05) is 13.2 Å². The van der Waals surface area contributed by atoms with E-state index in [0.717, 1.165) is 32.5 Å². The van der Waals surface area contributed by atoms with Crippen molar-refractivity contribution in [2.45, 2.75) is 85.5 Å². The Balaban J connectivity index is 3.57. The highest BCUT2D eigenvalue weighted by Gasteiger charge is 2.22. The zero-order valence-corrected chi connectivity index (χ0v) is 14.7. The van der Waals surface area contributed by atoms with E-state index in [1.54, 1.807) is 0 Å². The zero-order chi connectivity index (χ0) is 16.0. The number of unbranched alkanes of at least 4 members (excludes halogenated alkanes) is 5. The molecule has 0 saturated carbocycles. The minimum atomic E-state index is -0.0657. The lowest BCUT2D eigenvalue weighted by Crippen LogP contribution is -2.21. The quantitative estimate of drug-likeness (QED) is 0.330. The Kier molecular flexibility index (Phi) is 12.8. The van der Waals surface area contributed by atoms with Gasteiger partial charge in [0.25, 0.3) is 0 Å². The molecular formula is C18H36O3. The van der Waals surface area contributed by atoms with Crippen LogP contribution in [0.3, 0.4) is 0 Å². The number of carbonyl (C=O) groups is 1. The van der Waals surface area contributed by atoms with E-state index in [4.69, 9.17) is 9.47 Å². The number of hydrogen-bond donors (Lipinski definition) is 0. The Morgan fingerprint density at radius 3 is 2.19 bits per heavy atom. The minimum absolute atomic E-state index is 0.0358. The van der Waals surface area contributed by atoms with Gasteiger partial charge in [0.15, 0.2) is 0 Å². The van der Waals surface area contributed by atoms with Gasteiger partial charge in [-0.3, -0.25) is 4.79 Å². The summed E-state index contributed by atoms with van der Waals surface area (Å²) in [6.45, 7) is 10.6. The summed E-state index contributed by atoms with van der Waals surface area (Å²) in [4.78, 5) is 11.8. The van der Waals surface area contributed by atoms with Crippen LogP contribution in [0, 0.1) is 5.41 Å². The summed E-state index contributed by atoms with van der Waals surface area (Å²) < 4.78 is 10.8. The molecule has 0 unspecified atom stereocenters. The van der Waals surface area contributed by atoms with Crippen molar-refractivity contribution in [1.29, 1.82) is 0 Å². The van der Waals surface area contributed by atoms with E-state index < -0.39 is 0 Å². The van der Waals surface area contributed by atoms with Gasteiger partial charge >= 0.3 is 5.97 Å². The number of hydrogen-bond acceptors (Lipinski definition) is 3. The van der Waals surface area contributed by atoms with E-state index >= 15 is 0 Å². The van der Waals surface area contributed by atoms with Crippen LogP contribution in [0.5, 0.6) is 0 Å². The number of esters is 1. The Hall–Kier alpha value is -0.570. The average molecular weight is 300 g/mol. The summed E-state index contributed by atoms with van der Waals surface area (Å²) in [6.07, 6.45) is 9.73. The van der Waals surface area contributed by atoms with Crippen molar-refractivity contribution in [3.05, 3.63) is 0 Å². The molecular weight excluding hydrogens is 264 g/mol. The van der Waals surface area contributed by atoms with E-state index in [-0.39, 0.29) is 11.4 Å². The highest BCUT2D eigenvalue weighted by molar-refractivity contribution is 5.70. The highest BCUT2D eigenvalue weighted by Crippen LogP contribution is 2.25. The summed E-state index contributed by atoms with van der Waals surface area (Å²) in [6, 6.07) is 0. The maximum Gasteiger partial charge on any atom is 0.306 e. The third-order valence-corrected chi connectivity index (χ3v) is 3.66. The molecule has 0 saturated heterocycles. The molecule has 0 bridgehead atoms. The molecule has 0 aliphatic rings. The van der Waals surface area contributed by atoms with Gasteiger partial charge in [-0.05, 0) is 24.7 Å². The Morgan fingerprint density at radius 2 is 1.52 bits per heavy atom. The van der Waals surface area contributed by atoms with E-state index in [2.05, 4.69) is 27.7 Å². The molecule has 0 aromatic heterocycles. The third-order valence-electron chi connectivity index (χ3n) is 3.66. The average Bonchev–Trinajstić information content (AvgIpc) is 2.42. The molecule has 0 radical (unpaired) electrons. The Morgan fingerprint density at radius 1 is 0.857 bits per heavy atom. The van der Waals surface area contributed by atoms with Gasteiger partial charge in [0.05, 0.1) is 13.0 Å². The first-order valence-electron chi connectivity index (χ1n) is 8.75. The first kappa shape index (κ1) is 20.4. The molecule has 0 amide bonds. The highest BCUT2D eigenvalue weighted by atomic mass is 16.5. The number of carbonyl (C=O) groups excluding carboxylic acids is 1. The lowest BCUT2D eigenvalue weighted by molar-refractivity contribution is -0.146. The standard InChI is InChI=1S/C18H36O3/c1-5-7-8-9-10-11-14-21-17(19)16-18(3,4)12-15-20-13-6-2/h5-16H2,1-4H3. The van der Waals surface area contributed by atoms with Crippen LogP contribution in [0.2, 0.25) is 0 Å². The van der Waals surface area contributed by atoms with E-state index in [1.165, 1.54) is 32.1 Å². The van der Waals surface area contributed by atoms with Gasteiger partial charge in [0.2, 0.25) is 0 Å². The first-order chi connectivity index (χ1) is 10.0. The fraction of sp³-hybridized carbons (Fsp3) is 0.944. The van der Waals surface area contributed by atoms with Crippen molar-refractivity contribution in [3.63, 3.8) is 0 Å². The van der Waals surface area contributed by atoms with Crippen LogP contribution in [0.4, 0.5) is 0 Å². The van der Waals surface area contributed by atoms with Gasteiger partial charge < -0.3 is 9.47 Å². The second-order valence-electron chi connectivity index (χ2n) is 6.69. The third kappa shape index (κ3) is 14.1. The van der Waals surface area contributed by atoms with E-state index in [0.29, 0.717) is 13.0 Å². The molecule has 126 valence electrons. The summed E-state index contributed by atoms with van der Waals surface area (Å²) in [5, 5.41) is 0. The van der Waals surface area contributed by atoms with Crippen LogP contribution in [-0.2, 0) is 14.3 Å². The molecule has 0 atom stereocenters. The second kappa shape index (κ2) is 13.1. The molecule has 3 nitrogen and oxygen atoms in total. The SMILES string of the molecule is CCCCCCCCOC(=O)CC(C)(C)CCOCCC. The minimum Gasteiger partial charge on any atom is -0.466 e. The molecule has 0 rings (SSSR count). The van der Waals surface area contributed by atoms with Crippen LogP contribution >= 0.6 is 0 Å². The lowest BCUT2D eigenvalue weighted by atomic mass is 9.86. The van der Waals surface area contributed by atoms with Gasteiger partial charge in [-0.25, -0.2) is 0 Å². The van der Waals surface area contributed by atoms with Crippen molar-refractivity contribution in [2.75, 3.05) is 19.8 Å². The van der Waals surface area contributed by atoms with Crippen LogP contribution < -0.4 is 0 Å². The fourth-order valence-corrected chi connectivity index (χ4v) is 2.19. The summed E-state index contributed by atoms with van der Waals surface area (Å²) in [5.41, 5.74) is -0.0358. The van der Waals surface area contributed by atoms with Crippen molar-refractivity contribution in [3.8, 4) is 0 Å². The molecule has 0 aliphatic carbocycles. The smallest absolute Gasteiger partial charge is 0.306 e. The largest absolute Gasteiger partial charge is 0.466 e. The Labute approximate surface area is 131 Å². The predicted octanol–water partition coefficient (Wildman–Crippen LogP) is 5.12. The van der Waals surface area contributed by atoms with Gasteiger partial charge in [-0.2, -0.15) is 0 Å². The molecule has 21 heavy (non-hydrogen) atoms. The molecule has 0 aliphatic heterocycles. The van der Waals surface area contributed by atoms with Gasteiger partial charge in [-0.1, -0.05) is 59.8 Å². The monoisotopic (exact) mass is 300 g/mol. The van der Waals surface area contributed by atoms with Crippen LogP contribution in [0.1, 0.15) is 85.5 Å². The zero-order valence-electron chi connectivity index (χ0n) is 14.7. The second-order valence-corrected chi connectivity index (χ2v) is 6.69. The normalized spacial score (nSPS) is 11.6. The molecule has 3 heteroatoms. The number of ether oxygens (including phenoxy) is 2. The molecule has 0 aromatic carbocycles. The first-order valence-corrected chi connectivity index (χ1v) is 8.75. The maximum atomic E-state index is 11.8. The number of rotatable bonds is 14. The summed E-state index contributed by atoms with van der Waals surface area (Å²) in [7, 11) is 0. The molecule has 0 aromatic rings. The predicted molar refractivity (Wildman–Crippen MR) is 88.5 cm³/mol. The fourth-order valence-electron chi connectivity index (χ4n) is 2.19. The van der Waals surface area contributed by atoms with Crippen LogP contribution in [-0.4, -0.2) is 25.8 Å². The van der Waals surface area contributed by atoms with Crippen molar-refractivity contribution < 1.29 is 14.3 Å². The van der Waals surface area contributed by atoms with Crippen LogP contribution in [0.15, 0.2) is 0 Å².